The lowest BCUT2D eigenvalue weighted by Crippen LogP contribution is -2.23. The largest absolute Gasteiger partial charge is 0.396 e. The van der Waals surface area contributed by atoms with E-state index in [2.05, 4.69) is 5.32 Å². The maximum atomic E-state index is 9.79. The minimum Gasteiger partial charge on any atom is -0.396 e. The van der Waals surface area contributed by atoms with E-state index in [0.717, 1.165) is 5.56 Å². The second kappa shape index (κ2) is 6.80. The van der Waals surface area contributed by atoms with Crippen LogP contribution in [0.4, 0.5) is 0 Å². The van der Waals surface area contributed by atoms with Crippen molar-refractivity contribution in [1.29, 1.82) is 0 Å². The monoisotopic (exact) mass is 229 g/mol. The summed E-state index contributed by atoms with van der Waals surface area (Å²) >= 11 is 5.93. The van der Waals surface area contributed by atoms with Crippen LogP contribution in [0.15, 0.2) is 24.3 Å². The van der Waals surface area contributed by atoms with Crippen molar-refractivity contribution in [2.24, 2.45) is 0 Å². The Bertz CT molecular complexity index is 294. The van der Waals surface area contributed by atoms with Gasteiger partial charge in [-0.05, 0) is 19.0 Å². The average Bonchev–Trinajstić information content (AvgIpc) is 2.25. The Labute approximate surface area is 94.7 Å². The highest BCUT2D eigenvalue weighted by atomic mass is 35.5. The summed E-state index contributed by atoms with van der Waals surface area (Å²) in [5.74, 6) is 0. The fraction of sp³-hybridized carbons (Fsp3) is 0.455. The number of hydrogen-bond donors (Lipinski definition) is 3. The third-order valence-electron chi connectivity index (χ3n) is 2.11. The molecule has 15 heavy (non-hydrogen) atoms. The van der Waals surface area contributed by atoms with Crippen LogP contribution in [0.25, 0.3) is 0 Å². The summed E-state index contributed by atoms with van der Waals surface area (Å²) in [6, 6.07) is 7.24. The first kappa shape index (κ1) is 12.5. The van der Waals surface area contributed by atoms with Crippen LogP contribution in [-0.4, -0.2) is 29.9 Å². The molecule has 1 rings (SSSR count). The smallest absolute Gasteiger partial charge is 0.0928 e. The van der Waals surface area contributed by atoms with E-state index in [9.17, 15) is 5.11 Å². The van der Waals surface area contributed by atoms with Gasteiger partial charge in [-0.15, -0.1) is 0 Å². The Kier molecular flexibility index (Phi) is 5.65. The predicted octanol–water partition coefficient (Wildman–Crippen LogP) is 1.35. The van der Waals surface area contributed by atoms with E-state index in [-0.39, 0.29) is 6.61 Å². The predicted molar refractivity (Wildman–Crippen MR) is 61.0 cm³/mol. The lowest BCUT2D eigenvalue weighted by atomic mass is 10.1. The molecular formula is C11H16ClNO2. The molecule has 1 atom stereocenters. The van der Waals surface area contributed by atoms with Crippen LogP contribution in [-0.2, 0) is 0 Å². The minimum atomic E-state index is -0.600. The van der Waals surface area contributed by atoms with Gasteiger partial charge in [-0.3, -0.25) is 0 Å². The molecule has 0 amide bonds. The van der Waals surface area contributed by atoms with E-state index >= 15 is 0 Å². The van der Waals surface area contributed by atoms with E-state index in [1.54, 1.807) is 12.1 Å². The Morgan fingerprint density at radius 1 is 1.33 bits per heavy atom. The molecular weight excluding hydrogens is 214 g/mol. The van der Waals surface area contributed by atoms with Crippen molar-refractivity contribution >= 4 is 11.6 Å². The zero-order valence-electron chi connectivity index (χ0n) is 8.49. The minimum absolute atomic E-state index is 0.162. The lowest BCUT2D eigenvalue weighted by Gasteiger charge is -2.13. The first-order chi connectivity index (χ1) is 7.25. The van der Waals surface area contributed by atoms with Crippen molar-refractivity contribution < 1.29 is 10.2 Å². The van der Waals surface area contributed by atoms with Gasteiger partial charge in [-0.1, -0.05) is 29.8 Å². The number of benzene rings is 1. The van der Waals surface area contributed by atoms with E-state index in [1.165, 1.54) is 0 Å². The zero-order chi connectivity index (χ0) is 11.1. The highest BCUT2D eigenvalue weighted by Crippen LogP contribution is 2.21. The molecule has 0 fully saturated rings. The van der Waals surface area contributed by atoms with Gasteiger partial charge in [-0.25, -0.2) is 0 Å². The number of hydrogen-bond acceptors (Lipinski definition) is 3. The van der Waals surface area contributed by atoms with Gasteiger partial charge < -0.3 is 15.5 Å². The van der Waals surface area contributed by atoms with Crippen molar-refractivity contribution in [2.75, 3.05) is 19.7 Å². The fourth-order valence-corrected chi connectivity index (χ4v) is 1.56. The second-order valence-corrected chi connectivity index (χ2v) is 3.73. The number of aliphatic hydroxyl groups excluding tert-OH is 2. The number of rotatable bonds is 6. The SMILES string of the molecule is OCCCNCC(O)c1ccccc1Cl. The summed E-state index contributed by atoms with van der Waals surface area (Å²) < 4.78 is 0. The van der Waals surface area contributed by atoms with Crippen LogP contribution in [0.5, 0.6) is 0 Å². The van der Waals surface area contributed by atoms with Crippen molar-refractivity contribution in [3.63, 3.8) is 0 Å². The molecule has 84 valence electrons. The fourth-order valence-electron chi connectivity index (χ4n) is 1.30. The molecule has 0 aromatic heterocycles. The first-order valence-electron chi connectivity index (χ1n) is 4.99. The Balaban J connectivity index is 2.40. The zero-order valence-corrected chi connectivity index (χ0v) is 9.24. The molecule has 0 saturated carbocycles. The van der Waals surface area contributed by atoms with Crippen LogP contribution in [0.3, 0.4) is 0 Å². The maximum Gasteiger partial charge on any atom is 0.0928 e. The summed E-state index contributed by atoms with van der Waals surface area (Å²) in [5.41, 5.74) is 0.732. The van der Waals surface area contributed by atoms with E-state index in [1.807, 2.05) is 12.1 Å². The normalized spacial score (nSPS) is 12.7. The molecule has 3 nitrogen and oxygen atoms in total. The summed E-state index contributed by atoms with van der Waals surface area (Å²) in [7, 11) is 0. The third-order valence-corrected chi connectivity index (χ3v) is 2.46. The molecule has 0 saturated heterocycles. The first-order valence-corrected chi connectivity index (χ1v) is 5.37. The molecule has 0 heterocycles. The molecule has 3 N–H and O–H groups in total. The van der Waals surface area contributed by atoms with Crippen molar-refractivity contribution in [2.45, 2.75) is 12.5 Å². The Hall–Kier alpha value is -0.610. The highest BCUT2D eigenvalue weighted by Gasteiger charge is 2.09. The molecule has 0 radical (unpaired) electrons. The van der Waals surface area contributed by atoms with Crippen LogP contribution in [0.1, 0.15) is 18.1 Å². The molecule has 1 unspecified atom stereocenters. The number of nitrogens with one attached hydrogen (secondary N) is 1. The van der Waals surface area contributed by atoms with Crippen LogP contribution >= 0.6 is 11.6 Å². The quantitative estimate of drug-likeness (QED) is 0.646. The van der Waals surface area contributed by atoms with E-state index in [0.29, 0.717) is 24.5 Å². The summed E-state index contributed by atoms with van der Waals surface area (Å²) in [5, 5.41) is 22.0. The van der Waals surface area contributed by atoms with Gasteiger partial charge in [0.15, 0.2) is 0 Å². The molecule has 1 aromatic rings. The van der Waals surface area contributed by atoms with Crippen molar-refractivity contribution in [3.8, 4) is 0 Å². The molecule has 0 bridgehead atoms. The summed E-state index contributed by atoms with van der Waals surface area (Å²) in [6.07, 6.45) is 0.0901. The van der Waals surface area contributed by atoms with E-state index in [4.69, 9.17) is 16.7 Å². The standard InChI is InChI=1S/C11H16ClNO2/c12-10-5-2-1-4-9(10)11(15)8-13-6-3-7-14/h1-2,4-5,11,13-15H,3,6-8H2. The van der Waals surface area contributed by atoms with E-state index < -0.39 is 6.10 Å². The van der Waals surface area contributed by atoms with Gasteiger partial charge in [0.2, 0.25) is 0 Å². The van der Waals surface area contributed by atoms with Gasteiger partial charge in [0, 0.05) is 23.7 Å². The Morgan fingerprint density at radius 2 is 2.07 bits per heavy atom. The van der Waals surface area contributed by atoms with Crippen LogP contribution in [0.2, 0.25) is 5.02 Å². The molecule has 0 aliphatic carbocycles. The molecule has 4 heteroatoms. The lowest BCUT2D eigenvalue weighted by molar-refractivity contribution is 0.173. The number of aliphatic hydroxyl groups is 2. The third kappa shape index (κ3) is 4.18. The number of halogens is 1. The van der Waals surface area contributed by atoms with Gasteiger partial charge in [0.25, 0.3) is 0 Å². The maximum absolute atomic E-state index is 9.79. The average molecular weight is 230 g/mol. The van der Waals surface area contributed by atoms with Crippen molar-refractivity contribution in [3.05, 3.63) is 34.9 Å². The second-order valence-electron chi connectivity index (χ2n) is 3.32. The summed E-state index contributed by atoms with van der Waals surface area (Å²) in [4.78, 5) is 0. The summed E-state index contributed by atoms with van der Waals surface area (Å²) in [6.45, 7) is 1.30. The van der Waals surface area contributed by atoms with Crippen molar-refractivity contribution in [1.82, 2.24) is 5.32 Å². The van der Waals surface area contributed by atoms with Gasteiger partial charge in [-0.2, -0.15) is 0 Å². The van der Waals surface area contributed by atoms with Crippen LogP contribution < -0.4 is 5.32 Å². The van der Waals surface area contributed by atoms with Gasteiger partial charge in [0.05, 0.1) is 6.10 Å². The Morgan fingerprint density at radius 3 is 2.73 bits per heavy atom. The molecule has 0 spiro atoms. The molecule has 0 aliphatic rings. The van der Waals surface area contributed by atoms with Crippen LogP contribution in [0, 0.1) is 0 Å². The highest BCUT2D eigenvalue weighted by molar-refractivity contribution is 6.31. The van der Waals surface area contributed by atoms with Gasteiger partial charge in [0.1, 0.15) is 0 Å². The van der Waals surface area contributed by atoms with Gasteiger partial charge >= 0.3 is 0 Å². The molecule has 0 aliphatic heterocycles. The molecule has 1 aromatic carbocycles. The topological polar surface area (TPSA) is 52.5 Å².